The summed E-state index contributed by atoms with van der Waals surface area (Å²) < 4.78 is 11.4. The van der Waals surface area contributed by atoms with Crippen LogP contribution in [-0.4, -0.2) is 20.2 Å². The predicted molar refractivity (Wildman–Crippen MR) is 106 cm³/mol. The Balaban J connectivity index is 1.43. The molecule has 2 aromatic carbocycles. The van der Waals surface area contributed by atoms with E-state index in [4.69, 9.17) is 8.83 Å². The SMILES string of the molecule is Cc1ccccc1-c1nnc(SCc2nc3c(oc4ccccc43)c(=O)[nH]2)o1. The summed E-state index contributed by atoms with van der Waals surface area (Å²) in [5.41, 5.74) is 3.09. The second-order valence-electron chi connectivity index (χ2n) is 6.27. The minimum atomic E-state index is -0.303. The van der Waals surface area contributed by atoms with Crippen LogP contribution in [0.3, 0.4) is 0 Å². The van der Waals surface area contributed by atoms with Crippen LogP contribution in [0.2, 0.25) is 0 Å². The average Bonchev–Trinajstić information content (AvgIpc) is 3.32. The molecule has 0 unspecified atom stereocenters. The molecule has 0 aliphatic carbocycles. The Morgan fingerprint density at radius 2 is 1.86 bits per heavy atom. The molecule has 0 aliphatic rings. The molecule has 0 saturated carbocycles. The number of aryl methyl sites for hydroxylation is 1. The number of fused-ring (bicyclic) bond motifs is 3. The maximum absolute atomic E-state index is 12.4. The van der Waals surface area contributed by atoms with Gasteiger partial charge in [0.05, 0.1) is 5.75 Å². The number of thioether (sulfide) groups is 1. The van der Waals surface area contributed by atoms with E-state index < -0.39 is 0 Å². The van der Waals surface area contributed by atoms with Gasteiger partial charge in [-0.3, -0.25) is 4.79 Å². The highest BCUT2D eigenvalue weighted by Crippen LogP contribution is 2.28. The van der Waals surface area contributed by atoms with Gasteiger partial charge in [-0.25, -0.2) is 4.98 Å². The zero-order valence-corrected chi connectivity index (χ0v) is 15.6. The second kappa shape index (κ2) is 6.65. The van der Waals surface area contributed by atoms with Gasteiger partial charge in [0.1, 0.15) is 16.9 Å². The van der Waals surface area contributed by atoms with E-state index in [1.807, 2.05) is 55.5 Å². The normalized spacial score (nSPS) is 11.5. The summed E-state index contributed by atoms with van der Waals surface area (Å²) >= 11 is 1.32. The molecular weight excluding hydrogens is 376 g/mol. The smallest absolute Gasteiger partial charge is 0.294 e. The first-order chi connectivity index (χ1) is 13.7. The van der Waals surface area contributed by atoms with E-state index in [1.54, 1.807) is 0 Å². The predicted octanol–water partition coefficient (Wildman–Crippen LogP) is 4.32. The zero-order valence-electron chi connectivity index (χ0n) is 14.8. The fourth-order valence-corrected chi connectivity index (χ4v) is 3.67. The van der Waals surface area contributed by atoms with E-state index >= 15 is 0 Å². The molecule has 0 saturated heterocycles. The molecule has 0 bridgehead atoms. The number of rotatable bonds is 4. The molecule has 0 aliphatic heterocycles. The van der Waals surface area contributed by atoms with Gasteiger partial charge in [-0.15, -0.1) is 10.2 Å². The summed E-state index contributed by atoms with van der Waals surface area (Å²) in [5.74, 6) is 1.38. The highest BCUT2D eigenvalue weighted by Gasteiger charge is 2.15. The quantitative estimate of drug-likeness (QED) is 0.456. The Bertz CT molecular complexity index is 1370. The van der Waals surface area contributed by atoms with E-state index in [1.165, 1.54) is 11.8 Å². The molecule has 3 heterocycles. The second-order valence-corrected chi connectivity index (χ2v) is 7.19. The summed E-state index contributed by atoms with van der Waals surface area (Å²) in [7, 11) is 0. The van der Waals surface area contributed by atoms with E-state index in [2.05, 4.69) is 20.2 Å². The molecule has 5 aromatic rings. The Morgan fingerprint density at radius 3 is 2.75 bits per heavy atom. The standard InChI is InChI=1S/C20H14N4O3S/c1-11-6-2-3-7-12(11)19-23-24-20(27-19)28-10-15-21-16-13-8-4-5-9-14(13)26-17(16)18(25)22-15/h2-9H,10H2,1H3,(H,21,22,25). The van der Waals surface area contributed by atoms with Crippen molar-refractivity contribution in [1.82, 2.24) is 20.2 Å². The summed E-state index contributed by atoms with van der Waals surface area (Å²) in [5, 5.41) is 9.43. The van der Waals surface area contributed by atoms with Crippen molar-refractivity contribution in [3.05, 3.63) is 70.3 Å². The van der Waals surface area contributed by atoms with Gasteiger partial charge in [0, 0.05) is 10.9 Å². The van der Waals surface area contributed by atoms with Crippen LogP contribution in [0.1, 0.15) is 11.4 Å². The molecule has 138 valence electrons. The number of hydrogen-bond acceptors (Lipinski definition) is 7. The number of furan rings is 1. The first-order valence-corrected chi connectivity index (χ1v) is 9.60. The van der Waals surface area contributed by atoms with Crippen LogP contribution in [0.25, 0.3) is 33.5 Å². The molecule has 28 heavy (non-hydrogen) atoms. The van der Waals surface area contributed by atoms with Crippen molar-refractivity contribution in [1.29, 1.82) is 0 Å². The van der Waals surface area contributed by atoms with Crippen LogP contribution in [0.4, 0.5) is 0 Å². The molecule has 0 atom stereocenters. The van der Waals surface area contributed by atoms with E-state index in [-0.39, 0.29) is 11.1 Å². The van der Waals surface area contributed by atoms with Crippen LogP contribution >= 0.6 is 11.8 Å². The molecule has 3 aromatic heterocycles. The van der Waals surface area contributed by atoms with Gasteiger partial charge in [-0.2, -0.15) is 0 Å². The van der Waals surface area contributed by atoms with Gasteiger partial charge in [-0.1, -0.05) is 42.1 Å². The van der Waals surface area contributed by atoms with Crippen LogP contribution in [0.15, 0.2) is 67.4 Å². The van der Waals surface area contributed by atoms with Crippen molar-refractivity contribution in [2.75, 3.05) is 0 Å². The highest BCUT2D eigenvalue weighted by atomic mass is 32.2. The topological polar surface area (TPSA) is 97.8 Å². The molecule has 5 rings (SSSR count). The third-order valence-corrected chi connectivity index (χ3v) is 5.22. The molecule has 0 spiro atoms. The molecule has 0 amide bonds. The third-order valence-electron chi connectivity index (χ3n) is 4.39. The monoisotopic (exact) mass is 390 g/mol. The van der Waals surface area contributed by atoms with E-state index in [0.29, 0.717) is 33.8 Å². The lowest BCUT2D eigenvalue weighted by atomic mass is 10.1. The van der Waals surface area contributed by atoms with Crippen molar-refractivity contribution in [3.8, 4) is 11.5 Å². The third kappa shape index (κ3) is 2.87. The van der Waals surface area contributed by atoms with Crippen LogP contribution in [-0.2, 0) is 5.75 Å². The largest absolute Gasteiger partial charge is 0.449 e. The van der Waals surface area contributed by atoms with Gasteiger partial charge >= 0.3 is 0 Å². The van der Waals surface area contributed by atoms with E-state index in [9.17, 15) is 4.79 Å². The first kappa shape index (κ1) is 16.8. The molecule has 1 N–H and O–H groups in total. The van der Waals surface area contributed by atoms with Gasteiger partial charge in [0.2, 0.25) is 11.5 Å². The molecule has 0 radical (unpaired) electrons. The lowest BCUT2D eigenvalue weighted by Crippen LogP contribution is -2.10. The van der Waals surface area contributed by atoms with Crippen molar-refractivity contribution in [2.45, 2.75) is 17.9 Å². The molecule has 8 heteroatoms. The summed E-state index contributed by atoms with van der Waals surface area (Å²) in [6.07, 6.45) is 0. The number of aromatic nitrogens is 4. The lowest BCUT2D eigenvalue weighted by molar-refractivity contribution is 0.465. The molecule has 0 fully saturated rings. The molecule has 7 nitrogen and oxygen atoms in total. The number of aromatic amines is 1. The maximum atomic E-state index is 12.4. The Hall–Kier alpha value is -3.39. The summed E-state index contributed by atoms with van der Waals surface area (Å²) in [6.45, 7) is 1.99. The van der Waals surface area contributed by atoms with Crippen molar-refractivity contribution < 1.29 is 8.83 Å². The maximum Gasteiger partial charge on any atom is 0.294 e. The Morgan fingerprint density at radius 1 is 1.04 bits per heavy atom. The number of hydrogen-bond donors (Lipinski definition) is 1. The highest BCUT2D eigenvalue weighted by molar-refractivity contribution is 7.98. The zero-order chi connectivity index (χ0) is 19.1. The summed E-state index contributed by atoms with van der Waals surface area (Å²) in [6, 6.07) is 15.3. The van der Waals surface area contributed by atoms with Crippen molar-refractivity contribution >= 4 is 33.8 Å². The average molecular weight is 390 g/mol. The van der Waals surface area contributed by atoms with Gasteiger partial charge in [-0.05, 0) is 30.7 Å². The number of benzene rings is 2. The fraction of sp³-hybridized carbons (Fsp3) is 0.100. The van der Waals surface area contributed by atoms with Gasteiger partial charge in [0.25, 0.3) is 10.8 Å². The fourth-order valence-electron chi connectivity index (χ4n) is 3.04. The number of nitrogens with zero attached hydrogens (tertiary/aromatic N) is 3. The number of para-hydroxylation sites is 1. The lowest BCUT2D eigenvalue weighted by Gasteiger charge is -1.99. The first-order valence-electron chi connectivity index (χ1n) is 8.62. The van der Waals surface area contributed by atoms with Crippen molar-refractivity contribution in [3.63, 3.8) is 0 Å². The molecular formula is C20H14N4O3S. The summed E-state index contributed by atoms with van der Waals surface area (Å²) in [4.78, 5) is 19.7. The Kier molecular flexibility index (Phi) is 3.98. The minimum absolute atomic E-state index is 0.231. The van der Waals surface area contributed by atoms with Gasteiger partial charge in [0.15, 0.2) is 0 Å². The van der Waals surface area contributed by atoms with Crippen molar-refractivity contribution in [2.24, 2.45) is 0 Å². The minimum Gasteiger partial charge on any atom is -0.449 e. The van der Waals surface area contributed by atoms with Crippen LogP contribution in [0, 0.1) is 6.92 Å². The number of nitrogens with one attached hydrogen (secondary N) is 1. The number of H-pyrrole nitrogens is 1. The van der Waals surface area contributed by atoms with E-state index in [0.717, 1.165) is 16.5 Å². The van der Waals surface area contributed by atoms with Gasteiger partial charge < -0.3 is 13.8 Å². The Labute approximate surface area is 162 Å². The van der Waals surface area contributed by atoms with Crippen LogP contribution in [0.5, 0.6) is 0 Å². The van der Waals surface area contributed by atoms with Crippen LogP contribution < -0.4 is 5.56 Å².